The first-order valence-corrected chi connectivity index (χ1v) is 8.47. The third kappa shape index (κ3) is 4.32. The highest BCUT2D eigenvalue weighted by Crippen LogP contribution is 2.27. The van der Waals surface area contributed by atoms with E-state index < -0.39 is 21.5 Å². The van der Waals surface area contributed by atoms with E-state index in [1.54, 1.807) is 0 Å². The van der Waals surface area contributed by atoms with E-state index in [0.29, 0.717) is 6.42 Å². The summed E-state index contributed by atoms with van der Waals surface area (Å²) in [5.41, 5.74) is -1.37. The van der Waals surface area contributed by atoms with Crippen molar-refractivity contribution in [1.29, 1.82) is 0 Å². The van der Waals surface area contributed by atoms with E-state index in [4.69, 9.17) is 23.2 Å². The van der Waals surface area contributed by atoms with Gasteiger partial charge < -0.3 is 4.74 Å². The Kier molecular flexibility index (Phi) is 6.04. The molecule has 1 atom stereocenters. The zero-order valence-corrected chi connectivity index (χ0v) is 14.3. The smallest absolute Gasteiger partial charge is 0.326 e. The third-order valence-electron chi connectivity index (χ3n) is 2.93. The van der Waals surface area contributed by atoms with Crippen molar-refractivity contribution >= 4 is 39.2 Å². The number of halogens is 2. The molecule has 0 aliphatic carbocycles. The molecule has 0 aliphatic rings. The molecule has 0 aliphatic heterocycles. The van der Waals surface area contributed by atoms with Gasteiger partial charge in [0.15, 0.2) is 0 Å². The number of carbonyl (C=O) groups is 1. The SMILES string of the molecule is CCCC(C)(NS(=O)(=O)c1cc(Cl)ccc1Cl)C(=O)OC. The standard InChI is InChI=1S/C13H17Cl2NO4S/c1-4-7-13(2,12(17)20-3)16-21(18,19)11-8-9(14)5-6-10(11)15/h5-6,8,16H,4,7H2,1-3H3. The van der Waals surface area contributed by atoms with Gasteiger partial charge in [-0.25, -0.2) is 8.42 Å². The molecule has 21 heavy (non-hydrogen) atoms. The van der Waals surface area contributed by atoms with Gasteiger partial charge in [-0.05, 0) is 31.5 Å². The first-order valence-electron chi connectivity index (χ1n) is 6.23. The fourth-order valence-electron chi connectivity index (χ4n) is 1.95. The van der Waals surface area contributed by atoms with Gasteiger partial charge in [0, 0.05) is 5.02 Å². The Morgan fingerprint density at radius 1 is 1.38 bits per heavy atom. The van der Waals surface area contributed by atoms with Crippen LogP contribution in [-0.2, 0) is 19.6 Å². The van der Waals surface area contributed by atoms with Crippen molar-refractivity contribution < 1.29 is 17.9 Å². The Bertz CT molecular complexity index is 633. The zero-order chi connectivity index (χ0) is 16.3. The van der Waals surface area contributed by atoms with E-state index in [2.05, 4.69) is 9.46 Å². The topological polar surface area (TPSA) is 72.5 Å². The predicted octanol–water partition coefficient (Wildman–Crippen LogP) is 3.00. The largest absolute Gasteiger partial charge is 0.468 e. The van der Waals surface area contributed by atoms with Crippen LogP contribution in [0.4, 0.5) is 0 Å². The van der Waals surface area contributed by atoms with Crippen LogP contribution in [0.15, 0.2) is 23.1 Å². The lowest BCUT2D eigenvalue weighted by molar-refractivity contribution is -0.147. The average Bonchev–Trinajstić information content (AvgIpc) is 2.40. The summed E-state index contributed by atoms with van der Waals surface area (Å²) in [4.78, 5) is 11.7. The minimum Gasteiger partial charge on any atom is -0.468 e. The van der Waals surface area contributed by atoms with E-state index in [-0.39, 0.29) is 21.4 Å². The maximum atomic E-state index is 12.5. The quantitative estimate of drug-likeness (QED) is 0.797. The van der Waals surface area contributed by atoms with Gasteiger partial charge in [-0.15, -0.1) is 0 Å². The van der Waals surface area contributed by atoms with Gasteiger partial charge in [-0.2, -0.15) is 4.72 Å². The van der Waals surface area contributed by atoms with Crippen LogP contribution < -0.4 is 4.72 Å². The molecule has 1 N–H and O–H groups in total. The normalized spacial score (nSPS) is 14.5. The summed E-state index contributed by atoms with van der Waals surface area (Å²) in [6.45, 7) is 3.31. The van der Waals surface area contributed by atoms with Crippen molar-refractivity contribution in [2.45, 2.75) is 37.1 Å². The Morgan fingerprint density at radius 3 is 2.52 bits per heavy atom. The van der Waals surface area contributed by atoms with Crippen LogP contribution >= 0.6 is 23.2 Å². The van der Waals surface area contributed by atoms with Crippen LogP contribution in [0.5, 0.6) is 0 Å². The van der Waals surface area contributed by atoms with E-state index in [9.17, 15) is 13.2 Å². The molecule has 1 rings (SSSR count). The summed E-state index contributed by atoms with van der Waals surface area (Å²) < 4.78 is 31.9. The van der Waals surface area contributed by atoms with Crippen molar-refractivity contribution in [3.8, 4) is 0 Å². The summed E-state index contributed by atoms with van der Waals surface area (Å²) in [7, 11) is -2.81. The first kappa shape index (κ1) is 18.2. The Labute approximate surface area is 134 Å². The maximum absolute atomic E-state index is 12.5. The van der Waals surface area contributed by atoms with Crippen LogP contribution in [0.3, 0.4) is 0 Å². The Hall–Kier alpha value is -0.820. The van der Waals surface area contributed by atoms with Gasteiger partial charge in [-0.1, -0.05) is 36.5 Å². The van der Waals surface area contributed by atoms with Crippen LogP contribution in [0, 0.1) is 0 Å². The average molecular weight is 354 g/mol. The van der Waals surface area contributed by atoms with E-state index >= 15 is 0 Å². The summed E-state index contributed by atoms with van der Waals surface area (Å²) in [5.74, 6) is -0.661. The van der Waals surface area contributed by atoms with Crippen LogP contribution in [0.2, 0.25) is 10.0 Å². The molecule has 0 bridgehead atoms. The molecule has 0 heterocycles. The van der Waals surface area contributed by atoms with E-state index in [0.717, 1.165) is 0 Å². The number of ether oxygens (including phenoxy) is 1. The van der Waals surface area contributed by atoms with Gasteiger partial charge in [0.1, 0.15) is 10.4 Å². The number of benzene rings is 1. The molecule has 0 spiro atoms. The predicted molar refractivity (Wildman–Crippen MR) is 82.1 cm³/mol. The second-order valence-corrected chi connectivity index (χ2v) is 7.25. The Balaban J connectivity index is 3.24. The van der Waals surface area contributed by atoms with Gasteiger partial charge in [-0.3, -0.25) is 4.79 Å². The first-order chi connectivity index (χ1) is 9.66. The van der Waals surface area contributed by atoms with Crippen molar-refractivity contribution in [3.63, 3.8) is 0 Å². The molecule has 0 fully saturated rings. The highest BCUT2D eigenvalue weighted by molar-refractivity contribution is 7.89. The monoisotopic (exact) mass is 353 g/mol. The molecule has 1 aromatic carbocycles. The summed E-state index contributed by atoms with van der Waals surface area (Å²) in [5, 5.41) is 0.255. The molecular weight excluding hydrogens is 337 g/mol. The lowest BCUT2D eigenvalue weighted by Crippen LogP contribution is -2.52. The molecule has 5 nitrogen and oxygen atoms in total. The van der Waals surface area contributed by atoms with Crippen molar-refractivity contribution in [3.05, 3.63) is 28.2 Å². The number of hydrogen-bond acceptors (Lipinski definition) is 4. The van der Waals surface area contributed by atoms with Crippen LogP contribution in [0.1, 0.15) is 26.7 Å². The number of sulfonamides is 1. The molecule has 0 amide bonds. The molecule has 8 heteroatoms. The number of esters is 1. The van der Waals surface area contributed by atoms with Gasteiger partial charge >= 0.3 is 5.97 Å². The van der Waals surface area contributed by atoms with Crippen LogP contribution in [-0.4, -0.2) is 27.0 Å². The fourth-order valence-corrected chi connectivity index (χ4v) is 4.11. The molecule has 0 radical (unpaired) electrons. The second-order valence-electron chi connectivity index (χ2n) is 4.75. The molecule has 0 aromatic heterocycles. The number of methoxy groups -OCH3 is 1. The van der Waals surface area contributed by atoms with Crippen LogP contribution in [0.25, 0.3) is 0 Å². The number of rotatable bonds is 6. The highest BCUT2D eigenvalue weighted by atomic mass is 35.5. The van der Waals surface area contributed by atoms with E-state index in [1.807, 2.05) is 6.92 Å². The molecule has 118 valence electrons. The van der Waals surface area contributed by atoms with E-state index in [1.165, 1.54) is 32.2 Å². The van der Waals surface area contributed by atoms with Gasteiger partial charge in [0.25, 0.3) is 0 Å². The lowest BCUT2D eigenvalue weighted by atomic mass is 9.98. The minimum absolute atomic E-state index is 0.0237. The van der Waals surface area contributed by atoms with Crippen molar-refractivity contribution in [1.82, 2.24) is 4.72 Å². The zero-order valence-electron chi connectivity index (χ0n) is 11.9. The summed E-state index contributed by atoms with van der Waals surface area (Å²) in [6, 6.07) is 4.10. The number of hydrogen-bond donors (Lipinski definition) is 1. The maximum Gasteiger partial charge on any atom is 0.326 e. The number of nitrogens with one attached hydrogen (secondary N) is 1. The molecule has 0 saturated carbocycles. The highest BCUT2D eigenvalue weighted by Gasteiger charge is 2.38. The third-order valence-corrected chi connectivity index (χ3v) is 5.24. The number of carbonyl (C=O) groups excluding carboxylic acids is 1. The lowest BCUT2D eigenvalue weighted by Gasteiger charge is -2.27. The van der Waals surface area contributed by atoms with Gasteiger partial charge in [0.2, 0.25) is 10.0 Å². The molecule has 1 unspecified atom stereocenters. The molecular formula is C13H17Cl2NO4S. The minimum atomic E-state index is -4.02. The molecule has 1 aromatic rings. The van der Waals surface area contributed by atoms with Gasteiger partial charge in [0.05, 0.1) is 12.1 Å². The molecule has 0 saturated heterocycles. The summed E-state index contributed by atoms with van der Waals surface area (Å²) >= 11 is 11.7. The van der Waals surface area contributed by atoms with Crippen molar-refractivity contribution in [2.75, 3.05) is 7.11 Å². The Morgan fingerprint density at radius 2 is 2.00 bits per heavy atom. The fraction of sp³-hybridized carbons (Fsp3) is 0.462. The van der Waals surface area contributed by atoms with Crippen molar-refractivity contribution in [2.24, 2.45) is 0 Å². The summed E-state index contributed by atoms with van der Waals surface area (Å²) in [6.07, 6.45) is 0.883. The second kappa shape index (κ2) is 6.96.